The van der Waals surface area contributed by atoms with Crippen molar-refractivity contribution in [1.29, 1.82) is 0 Å². The summed E-state index contributed by atoms with van der Waals surface area (Å²) in [6.45, 7) is 4.06. The van der Waals surface area contributed by atoms with E-state index >= 15 is 0 Å². The van der Waals surface area contributed by atoms with Crippen LogP contribution in [0.2, 0.25) is 0 Å². The van der Waals surface area contributed by atoms with Gasteiger partial charge >= 0.3 is 0 Å². The first kappa shape index (κ1) is 16.0. The molecule has 2 heterocycles. The molecular formula is C17H23N3O3. The number of nitrogens with zero attached hydrogens (tertiary/aromatic N) is 3. The molecule has 2 aromatic rings. The van der Waals surface area contributed by atoms with Crippen LogP contribution in [0.15, 0.2) is 36.7 Å². The number of aliphatic hydroxyl groups excluding tert-OH is 1. The van der Waals surface area contributed by atoms with Crippen LogP contribution in [0.4, 0.5) is 0 Å². The number of benzene rings is 1. The van der Waals surface area contributed by atoms with E-state index in [1.165, 1.54) is 0 Å². The van der Waals surface area contributed by atoms with Gasteiger partial charge in [-0.05, 0) is 17.7 Å². The Balaban J connectivity index is 1.39. The summed E-state index contributed by atoms with van der Waals surface area (Å²) < 4.78 is 12.9. The molecule has 124 valence electrons. The van der Waals surface area contributed by atoms with Crippen molar-refractivity contribution in [2.75, 3.05) is 26.8 Å². The van der Waals surface area contributed by atoms with Gasteiger partial charge in [0.2, 0.25) is 0 Å². The molecule has 0 saturated heterocycles. The molecule has 6 nitrogen and oxygen atoms in total. The summed E-state index contributed by atoms with van der Waals surface area (Å²) in [7, 11) is 1.65. The minimum Gasteiger partial charge on any atom is -0.497 e. The van der Waals surface area contributed by atoms with Gasteiger partial charge in [-0.1, -0.05) is 12.1 Å². The SMILES string of the molecule is COc1ccc(COC[C@H](O)CN2CCn3ccnc3C2)cc1. The minimum absolute atomic E-state index is 0.330. The van der Waals surface area contributed by atoms with Gasteiger partial charge in [0.25, 0.3) is 0 Å². The summed E-state index contributed by atoms with van der Waals surface area (Å²) in [6.07, 6.45) is 3.34. The Hall–Kier alpha value is -1.89. The van der Waals surface area contributed by atoms with Crippen molar-refractivity contribution in [2.45, 2.75) is 25.8 Å². The zero-order valence-electron chi connectivity index (χ0n) is 13.4. The molecule has 0 amide bonds. The Bertz CT molecular complexity index is 612. The highest BCUT2D eigenvalue weighted by molar-refractivity contribution is 5.26. The van der Waals surface area contributed by atoms with Crippen LogP contribution in [0.5, 0.6) is 5.75 Å². The summed E-state index contributed by atoms with van der Waals surface area (Å²) in [4.78, 5) is 6.54. The second-order valence-electron chi connectivity index (χ2n) is 5.79. The number of fused-ring (bicyclic) bond motifs is 1. The molecule has 0 fully saturated rings. The van der Waals surface area contributed by atoms with E-state index in [4.69, 9.17) is 9.47 Å². The molecule has 0 bridgehead atoms. The molecular weight excluding hydrogens is 294 g/mol. The van der Waals surface area contributed by atoms with E-state index in [0.29, 0.717) is 19.8 Å². The maximum atomic E-state index is 10.1. The number of ether oxygens (including phenoxy) is 2. The van der Waals surface area contributed by atoms with E-state index < -0.39 is 6.10 Å². The van der Waals surface area contributed by atoms with Gasteiger partial charge < -0.3 is 19.1 Å². The van der Waals surface area contributed by atoms with E-state index in [-0.39, 0.29) is 0 Å². The molecule has 0 unspecified atom stereocenters. The Labute approximate surface area is 136 Å². The second kappa shape index (κ2) is 7.59. The highest BCUT2D eigenvalue weighted by atomic mass is 16.5. The Kier molecular flexibility index (Phi) is 5.27. The predicted octanol–water partition coefficient (Wildman–Crippen LogP) is 1.28. The first-order chi connectivity index (χ1) is 11.2. The zero-order valence-corrected chi connectivity index (χ0v) is 13.4. The molecule has 0 radical (unpaired) electrons. The molecule has 23 heavy (non-hydrogen) atoms. The van der Waals surface area contributed by atoms with Crippen LogP contribution in [0, 0.1) is 0 Å². The van der Waals surface area contributed by atoms with Crippen molar-refractivity contribution in [3.8, 4) is 5.75 Å². The standard InChI is InChI=1S/C17H23N3O3/c1-22-16-4-2-14(3-5-16)12-23-13-15(21)10-19-8-9-20-7-6-18-17(20)11-19/h2-7,15,21H,8-13H2,1H3/t15-/m1/s1. The quantitative estimate of drug-likeness (QED) is 0.834. The number of hydrogen-bond acceptors (Lipinski definition) is 5. The van der Waals surface area contributed by atoms with Crippen LogP contribution in [0.1, 0.15) is 11.4 Å². The summed E-state index contributed by atoms with van der Waals surface area (Å²) in [6, 6.07) is 7.75. The summed E-state index contributed by atoms with van der Waals surface area (Å²) in [5, 5.41) is 10.1. The largest absolute Gasteiger partial charge is 0.497 e. The minimum atomic E-state index is -0.491. The van der Waals surface area contributed by atoms with Crippen LogP contribution in [-0.4, -0.2) is 52.5 Å². The number of aliphatic hydroxyl groups is 1. The molecule has 3 rings (SSSR count). The number of methoxy groups -OCH3 is 1. The first-order valence-corrected chi connectivity index (χ1v) is 7.85. The molecule has 0 spiro atoms. The van der Waals surface area contributed by atoms with E-state index in [1.54, 1.807) is 7.11 Å². The van der Waals surface area contributed by atoms with Crippen LogP contribution in [0.25, 0.3) is 0 Å². The van der Waals surface area contributed by atoms with E-state index in [0.717, 1.165) is 36.8 Å². The molecule has 1 aliphatic rings. The molecule has 6 heteroatoms. The zero-order chi connectivity index (χ0) is 16.1. The predicted molar refractivity (Wildman–Crippen MR) is 86.2 cm³/mol. The fourth-order valence-electron chi connectivity index (χ4n) is 2.76. The fourth-order valence-corrected chi connectivity index (χ4v) is 2.76. The number of β-amino-alcohol motifs (C(OH)–C–C–N with tert-alkyl or cyclic N) is 1. The summed E-state index contributed by atoms with van der Waals surface area (Å²) in [5.41, 5.74) is 1.07. The molecule has 1 aliphatic heterocycles. The molecule has 0 saturated carbocycles. The third-order valence-corrected chi connectivity index (χ3v) is 4.03. The van der Waals surface area contributed by atoms with Crippen molar-refractivity contribution in [1.82, 2.24) is 14.5 Å². The number of rotatable bonds is 7. The Morgan fingerprint density at radius 1 is 1.26 bits per heavy atom. The lowest BCUT2D eigenvalue weighted by atomic mass is 10.2. The maximum absolute atomic E-state index is 10.1. The third-order valence-electron chi connectivity index (χ3n) is 4.03. The molecule has 0 aliphatic carbocycles. The first-order valence-electron chi connectivity index (χ1n) is 7.85. The Morgan fingerprint density at radius 3 is 2.87 bits per heavy atom. The van der Waals surface area contributed by atoms with Crippen molar-refractivity contribution >= 4 is 0 Å². The summed E-state index contributed by atoms with van der Waals surface area (Å²) in [5.74, 6) is 1.89. The lowest BCUT2D eigenvalue weighted by Gasteiger charge is -2.29. The van der Waals surface area contributed by atoms with Crippen LogP contribution in [0.3, 0.4) is 0 Å². The van der Waals surface area contributed by atoms with Gasteiger partial charge in [-0.25, -0.2) is 4.98 Å². The van der Waals surface area contributed by atoms with E-state index in [9.17, 15) is 5.11 Å². The number of aromatic nitrogens is 2. The summed E-state index contributed by atoms with van der Waals surface area (Å²) >= 11 is 0. The monoisotopic (exact) mass is 317 g/mol. The average molecular weight is 317 g/mol. The van der Waals surface area contributed by atoms with Gasteiger partial charge in [0.15, 0.2) is 0 Å². The molecule has 1 aromatic carbocycles. The maximum Gasteiger partial charge on any atom is 0.122 e. The molecule has 1 N–H and O–H groups in total. The fraction of sp³-hybridized carbons (Fsp3) is 0.471. The van der Waals surface area contributed by atoms with E-state index in [2.05, 4.69) is 14.5 Å². The normalized spacial score (nSPS) is 16.1. The topological polar surface area (TPSA) is 59.8 Å². The van der Waals surface area contributed by atoms with Crippen LogP contribution < -0.4 is 4.74 Å². The lowest BCUT2D eigenvalue weighted by molar-refractivity contribution is 0.00541. The van der Waals surface area contributed by atoms with Crippen molar-refractivity contribution in [3.05, 3.63) is 48.0 Å². The van der Waals surface area contributed by atoms with Crippen molar-refractivity contribution < 1.29 is 14.6 Å². The molecule has 1 aromatic heterocycles. The van der Waals surface area contributed by atoms with Crippen LogP contribution in [-0.2, 0) is 24.4 Å². The third kappa shape index (κ3) is 4.31. The highest BCUT2D eigenvalue weighted by Crippen LogP contribution is 2.13. The van der Waals surface area contributed by atoms with Crippen molar-refractivity contribution in [2.24, 2.45) is 0 Å². The van der Waals surface area contributed by atoms with Gasteiger partial charge in [0, 0.05) is 32.0 Å². The van der Waals surface area contributed by atoms with Gasteiger partial charge in [-0.15, -0.1) is 0 Å². The Morgan fingerprint density at radius 2 is 2.09 bits per heavy atom. The van der Waals surface area contributed by atoms with Crippen LogP contribution >= 0.6 is 0 Å². The van der Waals surface area contributed by atoms with E-state index in [1.807, 2.05) is 36.7 Å². The number of hydrogen-bond donors (Lipinski definition) is 1. The molecule has 1 atom stereocenters. The highest BCUT2D eigenvalue weighted by Gasteiger charge is 2.19. The van der Waals surface area contributed by atoms with Gasteiger partial charge in [-0.2, -0.15) is 0 Å². The van der Waals surface area contributed by atoms with Crippen molar-refractivity contribution in [3.63, 3.8) is 0 Å². The van der Waals surface area contributed by atoms with Gasteiger partial charge in [-0.3, -0.25) is 4.90 Å². The van der Waals surface area contributed by atoms with Gasteiger partial charge in [0.1, 0.15) is 11.6 Å². The lowest BCUT2D eigenvalue weighted by Crippen LogP contribution is -2.40. The smallest absolute Gasteiger partial charge is 0.122 e. The number of imidazole rings is 1. The average Bonchev–Trinajstić information content (AvgIpc) is 3.03. The second-order valence-corrected chi connectivity index (χ2v) is 5.79. The van der Waals surface area contributed by atoms with Gasteiger partial charge in [0.05, 0.1) is 33.0 Å².